The monoisotopic (exact) mass is 502 g/mol. The van der Waals surface area contributed by atoms with Crippen LogP contribution in [0.1, 0.15) is 20.8 Å². The molecule has 1 heterocycles. The number of carbonyl (C=O) groups is 3. The van der Waals surface area contributed by atoms with Crippen molar-refractivity contribution in [2.24, 2.45) is 0 Å². The summed E-state index contributed by atoms with van der Waals surface area (Å²) in [7, 11) is 0. The zero-order valence-corrected chi connectivity index (χ0v) is 20.2. The van der Waals surface area contributed by atoms with Gasteiger partial charge in [0.05, 0.1) is 4.88 Å². The summed E-state index contributed by atoms with van der Waals surface area (Å²) < 4.78 is 0.836. The van der Waals surface area contributed by atoms with E-state index in [1.165, 1.54) is 11.3 Å². The molecule has 4 aromatic rings. The maximum Gasteiger partial charge on any atom is 0.315 e. The Bertz CT molecular complexity index is 1340. The second-order valence-corrected chi connectivity index (χ2v) is 9.26. The second kappa shape index (κ2) is 12.0. The summed E-state index contributed by atoms with van der Waals surface area (Å²) in [6.07, 6.45) is 1.00. The van der Waals surface area contributed by atoms with E-state index in [-0.39, 0.29) is 5.91 Å². The van der Waals surface area contributed by atoms with Crippen LogP contribution < -0.4 is 21.4 Å². The maximum absolute atomic E-state index is 13.2. The molecular formula is C27H26N4O4S. The Morgan fingerprint density at radius 3 is 2.25 bits per heavy atom. The Morgan fingerprint density at radius 1 is 0.861 bits per heavy atom. The van der Waals surface area contributed by atoms with E-state index in [1.54, 1.807) is 29.7 Å². The van der Waals surface area contributed by atoms with Gasteiger partial charge in [0.15, 0.2) is 0 Å². The number of nitrogens with one attached hydrogen (secondary N) is 4. The number of hydrogen-bond donors (Lipinski definition) is 5. The third-order valence-corrected chi connectivity index (χ3v) is 6.67. The van der Waals surface area contributed by atoms with Gasteiger partial charge in [0.1, 0.15) is 6.04 Å². The van der Waals surface area contributed by atoms with E-state index in [2.05, 4.69) is 16.0 Å². The molecule has 0 aliphatic rings. The normalized spacial score (nSPS) is 11.5. The van der Waals surface area contributed by atoms with Crippen molar-refractivity contribution < 1.29 is 19.6 Å². The van der Waals surface area contributed by atoms with Gasteiger partial charge in [-0.25, -0.2) is 10.3 Å². The average molecular weight is 503 g/mol. The molecule has 1 atom stereocenters. The molecular weight excluding hydrogens is 476 g/mol. The van der Waals surface area contributed by atoms with E-state index in [4.69, 9.17) is 5.21 Å². The lowest BCUT2D eigenvalue weighted by atomic mass is 10.1. The summed E-state index contributed by atoms with van der Waals surface area (Å²) >= 11 is 1.23. The highest BCUT2D eigenvalue weighted by atomic mass is 32.1. The van der Waals surface area contributed by atoms with Crippen molar-refractivity contribution in [2.75, 3.05) is 11.9 Å². The number of rotatable bonds is 9. The number of carbonyl (C=O) groups excluding carboxylic acids is 3. The molecule has 0 radical (unpaired) electrons. The van der Waals surface area contributed by atoms with E-state index >= 15 is 0 Å². The largest absolute Gasteiger partial charge is 0.338 e. The summed E-state index contributed by atoms with van der Waals surface area (Å²) in [6, 6.07) is 25.0. The molecule has 0 spiro atoms. The van der Waals surface area contributed by atoms with Crippen LogP contribution in [0.3, 0.4) is 0 Å². The molecule has 3 aromatic carbocycles. The van der Waals surface area contributed by atoms with E-state index < -0.39 is 18.0 Å². The van der Waals surface area contributed by atoms with Crippen LogP contribution >= 0.6 is 11.3 Å². The molecule has 1 aromatic heterocycles. The molecule has 8 nitrogen and oxygen atoms in total. The number of fused-ring (bicyclic) bond motifs is 1. The number of thiophene rings is 1. The van der Waals surface area contributed by atoms with Gasteiger partial charge in [0.25, 0.3) is 5.91 Å². The van der Waals surface area contributed by atoms with Crippen LogP contribution in [0.2, 0.25) is 0 Å². The van der Waals surface area contributed by atoms with Gasteiger partial charge in [-0.1, -0.05) is 60.7 Å². The van der Waals surface area contributed by atoms with Crippen LogP contribution in [0.4, 0.5) is 10.5 Å². The van der Waals surface area contributed by atoms with Gasteiger partial charge in [0.2, 0.25) is 5.91 Å². The highest BCUT2D eigenvalue weighted by Gasteiger charge is 2.22. The minimum absolute atomic E-state index is 0.320. The van der Waals surface area contributed by atoms with E-state index in [1.807, 2.05) is 60.7 Å². The van der Waals surface area contributed by atoms with Crippen LogP contribution in [0, 0.1) is 0 Å². The molecule has 5 N–H and O–H groups in total. The van der Waals surface area contributed by atoms with Crippen LogP contribution in [0.25, 0.3) is 10.1 Å². The molecule has 0 aliphatic heterocycles. The quantitative estimate of drug-likeness (QED) is 0.175. The van der Waals surface area contributed by atoms with Crippen LogP contribution in [-0.2, 0) is 17.6 Å². The third kappa shape index (κ3) is 6.68. The third-order valence-electron chi connectivity index (χ3n) is 5.56. The first-order valence-electron chi connectivity index (χ1n) is 11.4. The fourth-order valence-corrected chi connectivity index (χ4v) is 4.68. The Labute approximate surface area is 212 Å². The molecule has 0 aliphatic carbocycles. The summed E-state index contributed by atoms with van der Waals surface area (Å²) in [4.78, 5) is 37.9. The van der Waals surface area contributed by atoms with Gasteiger partial charge in [-0.15, -0.1) is 11.3 Å². The molecule has 0 saturated heterocycles. The number of amides is 4. The van der Waals surface area contributed by atoms with Gasteiger partial charge < -0.3 is 16.0 Å². The molecule has 0 bridgehead atoms. The summed E-state index contributed by atoms with van der Waals surface area (Å²) in [6.45, 7) is 0.439. The Morgan fingerprint density at radius 2 is 1.56 bits per heavy atom. The summed E-state index contributed by atoms with van der Waals surface area (Å²) in [5.74, 6) is -0.952. The molecule has 4 rings (SSSR count). The fourth-order valence-electron chi connectivity index (χ4n) is 3.75. The highest BCUT2D eigenvalue weighted by molar-refractivity contribution is 7.20. The first-order chi connectivity index (χ1) is 17.5. The van der Waals surface area contributed by atoms with Gasteiger partial charge in [-0.05, 0) is 47.2 Å². The topological polar surface area (TPSA) is 120 Å². The highest BCUT2D eigenvalue weighted by Crippen LogP contribution is 2.28. The van der Waals surface area contributed by atoms with Crippen molar-refractivity contribution in [1.29, 1.82) is 0 Å². The predicted molar refractivity (Wildman–Crippen MR) is 140 cm³/mol. The zero-order chi connectivity index (χ0) is 25.3. The van der Waals surface area contributed by atoms with E-state index in [9.17, 15) is 14.4 Å². The number of hydroxylamine groups is 1. The minimum Gasteiger partial charge on any atom is -0.338 e. The van der Waals surface area contributed by atoms with Gasteiger partial charge in [-0.2, -0.15) is 0 Å². The fraction of sp³-hybridized carbons (Fsp3) is 0.148. The second-order valence-electron chi connectivity index (χ2n) is 8.17. The Hall–Kier alpha value is -4.21. The standard InChI is InChI=1S/C27H26N4O4S/c32-25(29-21-11-12-23-20(16-21)17-24(36-23)26(33)31-35)22(15-19-9-5-2-6-10-19)30-27(34)28-14-13-18-7-3-1-4-8-18/h1-12,16-17,22,35H,13-15H2,(H,29,32)(H,31,33)(H2,28,30,34)/t22-/m0/s1. The molecule has 9 heteroatoms. The van der Waals surface area contributed by atoms with Crippen molar-refractivity contribution in [3.63, 3.8) is 0 Å². The van der Waals surface area contributed by atoms with Gasteiger partial charge in [0, 0.05) is 23.4 Å². The lowest BCUT2D eigenvalue weighted by Crippen LogP contribution is -2.49. The molecule has 0 unspecified atom stereocenters. The van der Waals surface area contributed by atoms with Crippen LogP contribution in [-0.4, -0.2) is 35.6 Å². The van der Waals surface area contributed by atoms with E-state index in [0.717, 1.165) is 21.2 Å². The minimum atomic E-state index is -0.807. The van der Waals surface area contributed by atoms with Gasteiger partial charge in [-0.3, -0.25) is 14.8 Å². The molecule has 184 valence electrons. The molecule has 36 heavy (non-hydrogen) atoms. The van der Waals surface area contributed by atoms with Crippen molar-refractivity contribution in [1.82, 2.24) is 16.1 Å². The number of anilines is 1. The number of urea groups is 1. The Kier molecular flexibility index (Phi) is 8.28. The first-order valence-corrected chi connectivity index (χ1v) is 12.2. The van der Waals surface area contributed by atoms with E-state index in [0.29, 0.717) is 30.0 Å². The van der Waals surface area contributed by atoms with Gasteiger partial charge >= 0.3 is 6.03 Å². The van der Waals surface area contributed by atoms with Crippen LogP contribution in [0.5, 0.6) is 0 Å². The lowest BCUT2D eigenvalue weighted by molar-refractivity contribution is -0.117. The summed E-state index contributed by atoms with van der Waals surface area (Å²) in [5, 5.41) is 18.1. The lowest BCUT2D eigenvalue weighted by Gasteiger charge is -2.19. The zero-order valence-electron chi connectivity index (χ0n) is 19.4. The Balaban J connectivity index is 1.43. The maximum atomic E-state index is 13.2. The SMILES string of the molecule is O=C(NCCc1ccccc1)N[C@@H](Cc1ccccc1)C(=O)Nc1ccc2sc(C(=O)NO)cc2c1. The van der Waals surface area contributed by atoms with Crippen molar-refractivity contribution in [3.8, 4) is 0 Å². The number of hydrogen-bond acceptors (Lipinski definition) is 5. The molecule has 0 fully saturated rings. The van der Waals surface area contributed by atoms with Crippen LogP contribution in [0.15, 0.2) is 84.9 Å². The molecule has 0 saturated carbocycles. The predicted octanol–water partition coefficient (Wildman–Crippen LogP) is 4.11. The van der Waals surface area contributed by atoms with Crippen molar-refractivity contribution in [2.45, 2.75) is 18.9 Å². The molecule has 4 amide bonds. The average Bonchev–Trinajstić information content (AvgIpc) is 3.32. The number of benzene rings is 3. The van der Waals surface area contributed by atoms with Crippen molar-refractivity contribution >= 4 is 45.0 Å². The van der Waals surface area contributed by atoms with Crippen molar-refractivity contribution in [3.05, 3.63) is 101 Å². The smallest absolute Gasteiger partial charge is 0.315 e. The summed E-state index contributed by atoms with van der Waals surface area (Å²) in [5.41, 5.74) is 4.18. The first kappa shape index (κ1) is 24.9.